The minimum absolute atomic E-state index is 0.0364. The van der Waals surface area contributed by atoms with E-state index in [9.17, 15) is 14.4 Å². The fourth-order valence-electron chi connectivity index (χ4n) is 2.33. The number of aromatic nitrogens is 3. The van der Waals surface area contributed by atoms with Crippen molar-refractivity contribution in [2.75, 3.05) is 11.1 Å². The molecule has 0 unspecified atom stereocenters. The average molecular weight is 376 g/mol. The smallest absolute Gasteiger partial charge is 0.326 e. The van der Waals surface area contributed by atoms with E-state index in [4.69, 9.17) is 0 Å². The van der Waals surface area contributed by atoms with Crippen molar-refractivity contribution in [3.05, 3.63) is 40.3 Å². The highest BCUT2D eigenvalue weighted by molar-refractivity contribution is 7.99. The maximum absolute atomic E-state index is 12.4. The normalized spacial score (nSPS) is 10.7. The number of ketones is 1. The molecule has 8 heteroatoms. The molecule has 0 aliphatic carbocycles. The summed E-state index contributed by atoms with van der Waals surface area (Å²) < 4.78 is 1.56. The summed E-state index contributed by atoms with van der Waals surface area (Å²) >= 11 is 1.24. The molecule has 140 valence electrons. The number of carbonyl (C=O) groups is 2. The fraction of sp³-hybridized carbons (Fsp3) is 0.444. The van der Waals surface area contributed by atoms with Gasteiger partial charge in [0.25, 0.3) is 0 Å². The van der Waals surface area contributed by atoms with Gasteiger partial charge in [0.05, 0.1) is 5.75 Å². The summed E-state index contributed by atoms with van der Waals surface area (Å²) in [5, 5.41) is 9.73. The van der Waals surface area contributed by atoms with Crippen LogP contribution in [0, 0.1) is 0 Å². The third kappa shape index (κ3) is 5.59. The maximum atomic E-state index is 12.4. The van der Waals surface area contributed by atoms with Crippen LogP contribution in [0.5, 0.6) is 0 Å². The number of carbonyl (C=O) groups excluding carboxylic acids is 2. The second kappa shape index (κ2) is 9.96. The second-order valence-electron chi connectivity index (χ2n) is 5.90. The number of amides is 1. The van der Waals surface area contributed by atoms with E-state index < -0.39 is 0 Å². The number of anilines is 1. The molecule has 0 aliphatic heterocycles. The van der Waals surface area contributed by atoms with Crippen molar-refractivity contribution in [2.24, 2.45) is 0 Å². The number of benzene rings is 1. The van der Waals surface area contributed by atoms with Crippen LogP contribution in [0.15, 0.2) is 34.2 Å². The van der Waals surface area contributed by atoms with Crippen molar-refractivity contribution in [1.82, 2.24) is 14.8 Å². The van der Waals surface area contributed by atoms with Crippen molar-refractivity contribution in [1.29, 1.82) is 0 Å². The lowest BCUT2D eigenvalue weighted by atomic mass is 10.1. The van der Waals surface area contributed by atoms with E-state index in [1.54, 1.807) is 28.8 Å². The third-order valence-electron chi connectivity index (χ3n) is 3.76. The summed E-state index contributed by atoms with van der Waals surface area (Å²) in [6.07, 6.45) is 3.12. The van der Waals surface area contributed by atoms with Crippen LogP contribution in [0.4, 0.5) is 5.69 Å². The molecule has 0 fully saturated rings. The van der Waals surface area contributed by atoms with Gasteiger partial charge >= 0.3 is 5.69 Å². The first-order chi connectivity index (χ1) is 12.5. The molecule has 0 saturated carbocycles. The van der Waals surface area contributed by atoms with Crippen LogP contribution in [0.25, 0.3) is 0 Å². The predicted octanol–water partition coefficient (Wildman–Crippen LogP) is 3.09. The molecule has 0 aliphatic rings. The Morgan fingerprint density at radius 2 is 1.92 bits per heavy atom. The van der Waals surface area contributed by atoms with Gasteiger partial charge in [0.1, 0.15) is 0 Å². The summed E-state index contributed by atoms with van der Waals surface area (Å²) in [5.41, 5.74) is 0.984. The zero-order valence-corrected chi connectivity index (χ0v) is 15.9. The Kier molecular flexibility index (Phi) is 7.65. The van der Waals surface area contributed by atoms with Gasteiger partial charge in [-0.05, 0) is 37.1 Å². The first kappa shape index (κ1) is 20.0. The number of thioether (sulfide) groups is 1. The van der Waals surface area contributed by atoms with E-state index in [-0.39, 0.29) is 23.1 Å². The van der Waals surface area contributed by atoms with E-state index in [0.29, 0.717) is 29.4 Å². The lowest BCUT2D eigenvalue weighted by molar-refractivity contribution is -0.116. The molecule has 2 N–H and O–H groups in total. The van der Waals surface area contributed by atoms with Gasteiger partial charge in [-0.25, -0.2) is 9.89 Å². The first-order valence-electron chi connectivity index (χ1n) is 8.76. The summed E-state index contributed by atoms with van der Waals surface area (Å²) in [7, 11) is 0. The molecule has 26 heavy (non-hydrogen) atoms. The number of nitrogens with one attached hydrogen (secondary N) is 2. The Balaban J connectivity index is 1.94. The fourth-order valence-corrected chi connectivity index (χ4v) is 3.20. The van der Waals surface area contributed by atoms with Crippen LogP contribution < -0.4 is 11.0 Å². The van der Waals surface area contributed by atoms with Gasteiger partial charge in [0.2, 0.25) is 5.91 Å². The lowest BCUT2D eigenvalue weighted by Crippen LogP contribution is -2.18. The average Bonchev–Trinajstić information content (AvgIpc) is 2.98. The third-order valence-corrected chi connectivity index (χ3v) is 4.73. The number of H-pyrrole nitrogens is 1. The van der Waals surface area contributed by atoms with Crippen LogP contribution >= 0.6 is 11.8 Å². The summed E-state index contributed by atoms with van der Waals surface area (Å²) in [5.74, 6) is 0.0995. The lowest BCUT2D eigenvalue weighted by Gasteiger charge is -2.06. The SMILES string of the molecule is CCCCn1c(SCC(=O)c2ccc(NC(=O)CCC)cc2)n[nH]c1=O. The number of aromatic amines is 1. The van der Waals surface area contributed by atoms with Crippen LogP contribution in [0.1, 0.15) is 49.9 Å². The molecule has 7 nitrogen and oxygen atoms in total. The van der Waals surface area contributed by atoms with Gasteiger partial charge in [0, 0.05) is 24.2 Å². The molecule has 0 saturated heterocycles. The van der Waals surface area contributed by atoms with Gasteiger partial charge in [-0.2, -0.15) is 0 Å². The number of hydrogen-bond donors (Lipinski definition) is 2. The number of nitrogens with zero attached hydrogens (tertiary/aromatic N) is 2. The number of rotatable bonds is 10. The second-order valence-corrected chi connectivity index (χ2v) is 6.85. The standard InChI is InChI=1S/C18H24N4O3S/c1-3-5-11-22-17(25)20-21-18(22)26-12-15(23)13-7-9-14(10-8-13)19-16(24)6-4-2/h7-10H,3-6,11-12H2,1-2H3,(H,19,24)(H,20,25). The summed E-state index contributed by atoms with van der Waals surface area (Å²) in [6.45, 7) is 4.59. The van der Waals surface area contributed by atoms with Gasteiger partial charge in [-0.1, -0.05) is 32.0 Å². The molecular formula is C18H24N4O3S. The van der Waals surface area contributed by atoms with E-state index >= 15 is 0 Å². The zero-order chi connectivity index (χ0) is 18.9. The van der Waals surface area contributed by atoms with Gasteiger partial charge in [-0.3, -0.25) is 14.2 Å². The van der Waals surface area contributed by atoms with Crippen LogP contribution in [0.3, 0.4) is 0 Å². The Morgan fingerprint density at radius 3 is 2.58 bits per heavy atom. The Morgan fingerprint density at radius 1 is 1.19 bits per heavy atom. The first-order valence-corrected chi connectivity index (χ1v) is 9.74. The highest BCUT2D eigenvalue weighted by atomic mass is 32.2. The van der Waals surface area contributed by atoms with E-state index in [1.165, 1.54) is 11.8 Å². The number of Topliss-reactive ketones (excluding diaryl/α,β-unsaturated/α-hetero) is 1. The van der Waals surface area contributed by atoms with Crippen LogP contribution in [-0.4, -0.2) is 32.2 Å². The summed E-state index contributed by atoms with van der Waals surface area (Å²) in [4.78, 5) is 35.7. The van der Waals surface area contributed by atoms with E-state index in [1.807, 2.05) is 6.92 Å². The minimum Gasteiger partial charge on any atom is -0.326 e. The topological polar surface area (TPSA) is 96.8 Å². The molecule has 1 aromatic heterocycles. The molecule has 1 heterocycles. The van der Waals surface area contributed by atoms with Crippen molar-refractivity contribution in [3.63, 3.8) is 0 Å². The van der Waals surface area contributed by atoms with Crippen molar-refractivity contribution in [2.45, 2.75) is 51.2 Å². The zero-order valence-electron chi connectivity index (χ0n) is 15.1. The number of unbranched alkanes of at least 4 members (excludes halogenated alkanes) is 1. The molecule has 1 aromatic carbocycles. The van der Waals surface area contributed by atoms with E-state index in [2.05, 4.69) is 22.4 Å². The molecular weight excluding hydrogens is 352 g/mol. The molecule has 0 spiro atoms. The Bertz CT molecular complexity index is 796. The van der Waals surface area contributed by atoms with Crippen molar-refractivity contribution >= 4 is 29.1 Å². The monoisotopic (exact) mass is 376 g/mol. The van der Waals surface area contributed by atoms with Crippen LogP contribution in [0.2, 0.25) is 0 Å². The molecule has 0 radical (unpaired) electrons. The molecule has 2 rings (SSSR count). The Hall–Kier alpha value is -2.35. The maximum Gasteiger partial charge on any atom is 0.343 e. The predicted molar refractivity (Wildman–Crippen MR) is 103 cm³/mol. The minimum atomic E-state index is -0.249. The Labute approximate surface area is 156 Å². The number of hydrogen-bond acceptors (Lipinski definition) is 5. The molecule has 0 bridgehead atoms. The van der Waals surface area contributed by atoms with Crippen LogP contribution in [-0.2, 0) is 11.3 Å². The highest BCUT2D eigenvalue weighted by Crippen LogP contribution is 2.17. The van der Waals surface area contributed by atoms with Gasteiger partial charge in [-0.15, -0.1) is 5.10 Å². The highest BCUT2D eigenvalue weighted by Gasteiger charge is 2.12. The van der Waals surface area contributed by atoms with E-state index in [0.717, 1.165) is 19.3 Å². The molecule has 2 aromatic rings. The summed E-state index contributed by atoms with van der Waals surface area (Å²) in [6, 6.07) is 6.83. The quantitative estimate of drug-likeness (QED) is 0.491. The van der Waals surface area contributed by atoms with Gasteiger partial charge < -0.3 is 5.32 Å². The van der Waals surface area contributed by atoms with Crippen molar-refractivity contribution < 1.29 is 9.59 Å². The largest absolute Gasteiger partial charge is 0.343 e. The van der Waals surface area contributed by atoms with Crippen molar-refractivity contribution in [3.8, 4) is 0 Å². The molecule has 1 amide bonds. The van der Waals surface area contributed by atoms with Gasteiger partial charge in [0.15, 0.2) is 10.9 Å². The molecule has 0 atom stereocenters.